The van der Waals surface area contributed by atoms with E-state index in [-0.39, 0.29) is 11.7 Å². The molecule has 1 fully saturated rings. The molecule has 1 heterocycles. The Balaban J connectivity index is 1.87. The minimum absolute atomic E-state index is 0.202. The average molecular weight is 336 g/mol. The molecule has 1 aliphatic heterocycles. The molecule has 2 rings (SSSR count). The molecule has 0 atom stereocenters. The fourth-order valence-electron chi connectivity index (χ4n) is 2.68. The van der Waals surface area contributed by atoms with Crippen LogP contribution in [0.2, 0.25) is 0 Å². The van der Waals surface area contributed by atoms with Crippen molar-refractivity contribution in [3.05, 3.63) is 35.9 Å². The molecule has 0 bridgehead atoms. The van der Waals surface area contributed by atoms with Crippen molar-refractivity contribution in [2.24, 2.45) is 5.41 Å². The average Bonchev–Trinajstić information content (AvgIpc) is 2.64. The van der Waals surface area contributed by atoms with E-state index in [0.717, 1.165) is 44.5 Å². The summed E-state index contributed by atoms with van der Waals surface area (Å²) in [7, 11) is 0. The predicted molar refractivity (Wildman–Crippen MR) is 95.0 cm³/mol. The second kappa shape index (κ2) is 10.8. The predicted octanol–water partition coefficient (Wildman–Crippen LogP) is 4.35. The van der Waals surface area contributed by atoms with E-state index in [4.69, 9.17) is 18.9 Å². The number of hydrogen-bond acceptors (Lipinski definition) is 4. The van der Waals surface area contributed by atoms with Gasteiger partial charge < -0.3 is 18.9 Å². The van der Waals surface area contributed by atoms with Crippen LogP contribution < -0.4 is 0 Å². The minimum Gasteiger partial charge on any atom is -0.381 e. The SMILES string of the molecule is CCCCOCC1(COCCCC)COC(c2ccccc2)OC1. The largest absolute Gasteiger partial charge is 0.381 e. The summed E-state index contributed by atoms with van der Waals surface area (Å²) >= 11 is 0. The fraction of sp³-hybridized carbons (Fsp3) is 0.700. The van der Waals surface area contributed by atoms with Gasteiger partial charge in [-0.05, 0) is 12.8 Å². The summed E-state index contributed by atoms with van der Waals surface area (Å²) in [6.45, 7) is 8.37. The molecule has 0 aliphatic carbocycles. The second-order valence-electron chi connectivity index (χ2n) is 6.68. The van der Waals surface area contributed by atoms with Crippen LogP contribution in [0.5, 0.6) is 0 Å². The molecule has 1 aromatic rings. The van der Waals surface area contributed by atoms with Gasteiger partial charge >= 0.3 is 0 Å². The van der Waals surface area contributed by atoms with Crippen molar-refractivity contribution in [3.63, 3.8) is 0 Å². The summed E-state index contributed by atoms with van der Waals surface area (Å²) in [5.41, 5.74) is 0.858. The third-order valence-electron chi connectivity index (χ3n) is 4.25. The van der Waals surface area contributed by atoms with E-state index < -0.39 is 0 Å². The van der Waals surface area contributed by atoms with Crippen LogP contribution in [0.3, 0.4) is 0 Å². The zero-order valence-electron chi connectivity index (χ0n) is 15.2. The van der Waals surface area contributed by atoms with Crippen LogP contribution in [0.4, 0.5) is 0 Å². The molecule has 4 heteroatoms. The Bertz CT molecular complexity index is 413. The van der Waals surface area contributed by atoms with Crippen molar-refractivity contribution in [1.82, 2.24) is 0 Å². The summed E-state index contributed by atoms with van der Waals surface area (Å²) in [5, 5.41) is 0. The van der Waals surface area contributed by atoms with Crippen LogP contribution in [0, 0.1) is 5.41 Å². The van der Waals surface area contributed by atoms with Gasteiger partial charge in [-0.15, -0.1) is 0 Å². The third kappa shape index (κ3) is 6.17. The van der Waals surface area contributed by atoms with E-state index in [1.807, 2.05) is 30.3 Å². The van der Waals surface area contributed by atoms with E-state index in [1.54, 1.807) is 0 Å². The van der Waals surface area contributed by atoms with Gasteiger partial charge in [0.25, 0.3) is 0 Å². The Kier molecular flexibility index (Phi) is 8.75. The highest BCUT2D eigenvalue weighted by molar-refractivity contribution is 5.16. The van der Waals surface area contributed by atoms with Gasteiger partial charge in [0.1, 0.15) is 0 Å². The number of ether oxygens (including phenoxy) is 4. The van der Waals surface area contributed by atoms with Crippen LogP contribution in [-0.4, -0.2) is 39.6 Å². The molecule has 0 N–H and O–H groups in total. The van der Waals surface area contributed by atoms with E-state index in [0.29, 0.717) is 26.4 Å². The van der Waals surface area contributed by atoms with Gasteiger partial charge in [-0.1, -0.05) is 57.0 Å². The van der Waals surface area contributed by atoms with Crippen LogP contribution in [0.25, 0.3) is 0 Å². The van der Waals surface area contributed by atoms with Gasteiger partial charge in [0, 0.05) is 18.8 Å². The molecule has 0 saturated carbocycles. The Morgan fingerprint density at radius 1 is 0.917 bits per heavy atom. The normalized spacial score (nSPS) is 17.9. The van der Waals surface area contributed by atoms with Crippen molar-refractivity contribution in [3.8, 4) is 0 Å². The molecule has 0 aromatic heterocycles. The number of hydrogen-bond donors (Lipinski definition) is 0. The molecule has 0 spiro atoms. The molecule has 1 saturated heterocycles. The van der Waals surface area contributed by atoms with Crippen molar-refractivity contribution < 1.29 is 18.9 Å². The zero-order chi connectivity index (χ0) is 17.1. The maximum atomic E-state index is 6.01. The van der Waals surface area contributed by atoms with Gasteiger partial charge in [-0.3, -0.25) is 0 Å². The van der Waals surface area contributed by atoms with E-state index in [2.05, 4.69) is 13.8 Å². The fourth-order valence-corrected chi connectivity index (χ4v) is 2.68. The molecule has 4 nitrogen and oxygen atoms in total. The summed E-state index contributed by atoms with van der Waals surface area (Å²) < 4.78 is 23.8. The highest BCUT2D eigenvalue weighted by Gasteiger charge is 2.38. The van der Waals surface area contributed by atoms with Crippen LogP contribution in [0.15, 0.2) is 30.3 Å². The lowest BCUT2D eigenvalue weighted by molar-refractivity contribution is -0.254. The molecule has 1 aromatic carbocycles. The lowest BCUT2D eigenvalue weighted by atomic mass is 9.91. The first-order valence-corrected chi connectivity index (χ1v) is 9.23. The quantitative estimate of drug-likeness (QED) is 0.563. The Hall–Kier alpha value is -0.940. The van der Waals surface area contributed by atoms with Crippen LogP contribution in [-0.2, 0) is 18.9 Å². The highest BCUT2D eigenvalue weighted by Crippen LogP contribution is 2.32. The Morgan fingerprint density at radius 3 is 1.96 bits per heavy atom. The maximum Gasteiger partial charge on any atom is 0.183 e. The third-order valence-corrected chi connectivity index (χ3v) is 4.25. The minimum atomic E-state index is -0.286. The standard InChI is InChI=1S/C20H32O4/c1-3-5-12-21-14-20(15-22-13-6-4-2)16-23-19(24-17-20)18-10-8-7-9-11-18/h7-11,19H,3-6,12-17H2,1-2H3. The molecule has 24 heavy (non-hydrogen) atoms. The van der Waals surface area contributed by atoms with Gasteiger partial charge in [0.15, 0.2) is 6.29 Å². The first kappa shape index (κ1) is 19.4. The van der Waals surface area contributed by atoms with Gasteiger partial charge in [-0.25, -0.2) is 0 Å². The first-order valence-electron chi connectivity index (χ1n) is 9.23. The molecule has 1 aliphatic rings. The summed E-state index contributed by atoms with van der Waals surface area (Å²) in [5.74, 6) is 0. The van der Waals surface area contributed by atoms with E-state index in [9.17, 15) is 0 Å². The lowest BCUT2D eigenvalue weighted by Crippen LogP contribution is -2.46. The van der Waals surface area contributed by atoms with Gasteiger partial charge in [0.2, 0.25) is 0 Å². The highest BCUT2D eigenvalue weighted by atomic mass is 16.7. The molecular weight excluding hydrogens is 304 g/mol. The van der Waals surface area contributed by atoms with E-state index in [1.165, 1.54) is 0 Å². The molecule has 136 valence electrons. The van der Waals surface area contributed by atoms with Crippen LogP contribution >= 0.6 is 0 Å². The number of benzene rings is 1. The molecule has 0 radical (unpaired) electrons. The first-order chi connectivity index (χ1) is 11.8. The van der Waals surface area contributed by atoms with Crippen molar-refractivity contribution in [2.45, 2.75) is 45.8 Å². The topological polar surface area (TPSA) is 36.9 Å². The summed E-state index contributed by atoms with van der Waals surface area (Å²) in [6.07, 6.45) is 4.17. The maximum absolute atomic E-state index is 6.01. The number of unbranched alkanes of at least 4 members (excludes halogenated alkanes) is 2. The van der Waals surface area contributed by atoms with Crippen LogP contribution in [0.1, 0.15) is 51.4 Å². The summed E-state index contributed by atoms with van der Waals surface area (Å²) in [4.78, 5) is 0. The van der Waals surface area contributed by atoms with Gasteiger partial charge in [0.05, 0.1) is 31.8 Å². The second-order valence-corrected chi connectivity index (χ2v) is 6.68. The molecular formula is C20H32O4. The smallest absolute Gasteiger partial charge is 0.183 e. The Labute approximate surface area is 146 Å². The van der Waals surface area contributed by atoms with Gasteiger partial charge in [-0.2, -0.15) is 0 Å². The Morgan fingerprint density at radius 2 is 1.46 bits per heavy atom. The summed E-state index contributed by atoms with van der Waals surface area (Å²) in [6, 6.07) is 10.1. The van der Waals surface area contributed by atoms with E-state index >= 15 is 0 Å². The number of rotatable bonds is 11. The van der Waals surface area contributed by atoms with Crippen molar-refractivity contribution in [1.29, 1.82) is 0 Å². The molecule has 0 unspecified atom stereocenters. The van der Waals surface area contributed by atoms with Crippen molar-refractivity contribution in [2.75, 3.05) is 39.6 Å². The molecule has 0 amide bonds. The zero-order valence-corrected chi connectivity index (χ0v) is 15.2. The monoisotopic (exact) mass is 336 g/mol. The van der Waals surface area contributed by atoms with Crippen molar-refractivity contribution >= 4 is 0 Å². The lowest BCUT2D eigenvalue weighted by Gasteiger charge is -2.39.